The molecule has 0 N–H and O–H groups in total. The number of cyclic esters (lactones) is 1. The first-order chi connectivity index (χ1) is 18.4. The molecule has 3 atom stereocenters. The molecule has 2 rings (SSSR count). The van der Waals surface area contributed by atoms with E-state index < -0.39 is 28.7 Å². The second-order valence-corrected chi connectivity index (χ2v) is 23.5. The van der Waals surface area contributed by atoms with E-state index >= 15 is 0 Å². The van der Waals surface area contributed by atoms with E-state index in [1.54, 1.807) is 6.08 Å². The Hall–Kier alpha value is -2.26. The van der Waals surface area contributed by atoms with Crippen LogP contribution in [-0.2, 0) is 20.4 Å². The quantitative estimate of drug-likeness (QED) is 0.105. The minimum atomic E-state index is -2.22. The van der Waals surface area contributed by atoms with Gasteiger partial charge < -0.3 is 13.6 Å². The van der Waals surface area contributed by atoms with Gasteiger partial charge in [-0.3, -0.25) is 0 Å². The highest BCUT2D eigenvalue weighted by Gasteiger charge is 2.42. The summed E-state index contributed by atoms with van der Waals surface area (Å²) in [5, 5.41) is 0.0215. The summed E-state index contributed by atoms with van der Waals surface area (Å²) in [7, 11) is -4.31. The van der Waals surface area contributed by atoms with Crippen LogP contribution in [0.1, 0.15) is 83.7 Å². The normalized spacial score (nSPS) is 22.4. The van der Waals surface area contributed by atoms with Crippen LogP contribution in [0, 0.1) is 5.92 Å². The Labute approximate surface area is 244 Å². The summed E-state index contributed by atoms with van der Waals surface area (Å²) in [5.74, 6) is 0.423. The maximum atomic E-state index is 14.0. The molecule has 40 heavy (non-hydrogen) atoms. The van der Waals surface area contributed by atoms with Crippen molar-refractivity contribution in [2.75, 3.05) is 0 Å². The van der Waals surface area contributed by atoms with E-state index in [-0.39, 0.29) is 22.1 Å². The smallest absolute Gasteiger partial charge is 0.342 e. The van der Waals surface area contributed by atoms with E-state index in [9.17, 15) is 9.59 Å². The molecule has 0 amide bonds. The number of carbonyl (C=O) groups excluding carboxylic acids is 2. The van der Waals surface area contributed by atoms with Gasteiger partial charge in [-0.15, -0.1) is 0 Å². The average Bonchev–Trinajstić information content (AvgIpc) is 2.81. The van der Waals surface area contributed by atoms with Gasteiger partial charge in [0.05, 0.1) is 6.10 Å². The third kappa shape index (κ3) is 9.13. The minimum absolute atomic E-state index is 0.0260. The number of fused-ring (bicyclic) bond motifs is 1. The second-order valence-electron chi connectivity index (χ2n) is 14.1. The molecule has 0 aliphatic carbocycles. The number of hydrogen-bond acceptors (Lipinski definition) is 6. The van der Waals surface area contributed by atoms with Crippen molar-refractivity contribution in [3.8, 4) is 5.75 Å². The molecule has 1 unspecified atom stereocenters. The average molecular weight is 586 g/mol. The summed E-state index contributed by atoms with van der Waals surface area (Å²) in [6.07, 6.45) is 10.9. The Morgan fingerprint density at radius 1 is 1.05 bits per heavy atom. The predicted octanol–water partition coefficient (Wildman–Crippen LogP) is 8.75. The molecule has 8 heteroatoms. The molecular formula is C32H51NO5Si2. The molecule has 0 aromatic heterocycles. The monoisotopic (exact) mass is 585 g/mol. The van der Waals surface area contributed by atoms with Crippen LogP contribution in [0.2, 0.25) is 36.3 Å². The van der Waals surface area contributed by atoms with E-state index in [4.69, 9.17) is 13.6 Å². The van der Waals surface area contributed by atoms with Gasteiger partial charge >= 0.3 is 5.97 Å². The highest BCUT2D eigenvalue weighted by molar-refractivity contribution is 6.75. The van der Waals surface area contributed by atoms with Crippen LogP contribution < -0.4 is 4.43 Å². The first-order valence-corrected chi connectivity index (χ1v) is 20.3. The van der Waals surface area contributed by atoms with Gasteiger partial charge in [-0.1, -0.05) is 78.8 Å². The number of nitrogens with zero attached hydrogens (tertiary/aromatic N) is 1. The van der Waals surface area contributed by atoms with Crippen molar-refractivity contribution in [3.63, 3.8) is 0 Å². The van der Waals surface area contributed by atoms with Gasteiger partial charge in [-0.2, -0.15) is 4.99 Å². The number of aliphatic imine (C=N–C) groups is 1. The molecule has 6 nitrogen and oxygen atoms in total. The van der Waals surface area contributed by atoms with Gasteiger partial charge in [-0.05, 0) is 66.7 Å². The van der Waals surface area contributed by atoms with E-state index in [0.29, 0.717) is 30.6 Å². The Kier molecular flexibility index (Phi) is 11.5. The second kappa shape index (κ2) is 13.6. The molecular weight excluding hydrogens is 535 g/mol. The van der Waals surface area contributed by atoms with Crippen LogP contribution in [0.15, 0.2) is 47.6 Å². The molecule has 1 aromatic rings. The Morgan fingerprint density at radius 2 is 1.70 bits per heavy atom. The third-order valence-corrected chi connectivity index (χ3v) is 17.6. The van der Waals surface area contributed by atoms with Crippen molar-refractivity contribution >= 4 is 28.7 Å². The summed E-state index contributed by atoms with van der Waals surface area (Å²) < 4.78 is 19.9. The van der Waals surface area contributed by atoms with E-state index in [2.05, 4.69) is 91.8 Å². The molecule has 1 heterocycles. The van der Waals surface area contributed by atoms with Crippen molar-refractivity contribution in [3.05, 3.63) is 53.8 Å². The van der Waals surface area contributed by atoms with Crippen LogP contribution in [0.25, 0.3) is 0 Å². The number of carbonyl (C=O) groups is 1. The van der Waals surface area contributed by atoms with Crippen LogP contribution in [-0.4, -0.2) is 40.9 Å². The Bertz CT molecular complexity index is 1120. The molecule has 0 saturated carbocycles. The van der Waals surface area contributed by atoms with Gasteiger partial charge in [0, 0.05) is 19.0 Å². The third-order valence-electron chi connectivity index (χ3n) is 8.79. The first kappa shape index (κ1) is 33.9. The lowest BCUT2D eigenvalue weighted by atomic mass is 9.93. The number of hydrogen-bond donors (Lipinski definition) is 0. The Morgan fingerprint density at radius 3 is 2.30 bits per heavy atom. The van der Waals surface area contributed by atoms with Crippen molar-refractivity contribution < 1.29 is 23.2 Å². The zero-order chi connectivity index (χ0) is 30.4. The molecule has 1 aromatic carbocycles. The fourth-order valence-corrected chi connectivity index (χ4v) is 6.54. The molecule has 0 spiro atoms. The van der Waals surface area contributed by atoms with Crippen molar-refractivity contribution in [1.82, 2.24) is 0 Å². The van der Waals surface area contributed by atoms with E-state index in [1.165, 1.54) is 12.3 Å². The lowest BCUT2D eigenvalue weighted by Crippen LogP contribution is -2.46. The highest BCUT2D eigenvalue weighted by atomic mass is 28.4. The van der Waals surface area contributed by atoms with Crippen LogP contribution in [0.4, 0.5) is 0 Å². The Balaban J connectivity index is 2.56. The SMILES string of the molecule is C[C@H]1C/C=C/Cc2cccc(O[Si](C)(C)C(C)(C)C)c2C(=O)OC(CC=CN=C=O)C[C@H]1O[Si](C)(C)C(C)(C)C. The molecule has 0 fully saturated rings. The number of rotatable bonds is 7. The fraction of sp³-hybridized carbons (Fsp3) is 0.625. The molecule has 1 aliphatic rings. The van der Waals surface area contributed by atoms with Gasteiger partial charge in [0.15, 0.2) is 8.32 Å². The summed E-state index contributed by atoms with van der Waals surface area (Å²) in [4.78, 5) is 28.1. The first-order valence-electron chi connectivity index (χ1n) is 14.5. The maximum absolute atomic E-state index is 14.0. The lowest BCUT2D eigenvalue weighted by Gasteiger charge is -2.41. The molecule has 222 valence electrons. The molecule has 0 radical (unpaired) electrons. The minimum Gasteiger partial charge on any atom is -0.543 e. The van der Waals surface area contributed by atoms with E-state index in [1.807, 2.05) is 18.2 Å². The number of ether oxygens (including phenoxy) is 1. The molecule has 1 aliphatic heterocycles. The van der Waals surface area contributed by atoms with Gasteiger partial charge in [-0.25, -0.2) is 9.59 Å². The van der Waals surface area contributed by atoms with Gasteiger partial charge in [0.1, 0.15) is 17.4 Å². The maximum Gasteiger partial charge on any atom is 0.342 e. The zero-order valence-electron chi connectivity index (χ0n) is 26.6. The van der Waals surface area contributed by atoms with Crippen molar-refractivity contribution in [1.29, 1.82) is 0 Å². The predicted molar refractivity (Wildman–Crippen MR) is 169 cm³/mol. The van der Waals surface area contributed by atoms with Crippen LogP contribution in [0.3, 0.4) is 0 Å². The number of isocyanates is 1. The van der Waals surface area contributed by atoms with Crippen LogP contribution in [0.5, 0.6) is 5.75 Å². The highest BCUT2D eigenvalue weighted by Crippen LogP contribution is 2.41. The molecule has 0 bridgehead atoms. The summed E-state index contributed by atoms with van der Waals surface area (Å²) >= 11 is 0. The standard InChI is InChI=1S/C32H51NO5Si2/c1-24-16-12-13-17-25-18-14-20-27(37-39(8,9)31(2,3)4)29(25)30(35)36-26(19-15-21-33-23-34)22-28(24)38-40(10,11)32(5,6)7/h12-15,18,20-21,24,26,28H,16-17,19,22H2,1-11H3/b13-12+,21-15?/t24-,26?,28+/m0/s1. The van der Waals surface area contributed by atoms with Crippen molar-refractivity contribution in [2.45, 2.75) is 123 Å². The fourth-order valence-electron chi connectivity index (χ4n) is 4.07. The molecule has 0 saturated heterocycles. The number of esters is 1. The number of benzene rings is 1. The zero-order valence-corrected chi connectivity index (χ0v) is 28.6. The van der Waals surface area contributed by atoms with E-state index in [0.717, 1.165) is 12.0 Å². The lowest BCUT2D eigenvalue weighted by molar-refractivity contribution is 0.00943. The topological polar surface area (TPSA) is 74.2 Å². The van der Waals surface area contributed by atoms with Crippen LogP contribution >= 0.6 is 0 Å². The largest absolute Gasteiger partial charge is 0.543 e. The van der Waals surface area contributed by atoms with Crippen molar-refractivity contribution in [2.24, 2.45) is 10.9 Å². The number of allylic oxidation sites excluding steroid dienone is 2. The summed E-state index contributed by atoms with van der Waals surface area (Å²) in [5.41, 5.74) is 1.38. The summed E-state index contributed by atoms with van der Waals surface area (Å²) in [6, 6.07) is 5.82. The van der Waals surface area contributed by atoms with Gasteiger partial charge in [0.25, 0.3) is 8.32 Å². The summed E-state index contributed by atoms with van der Waals surface area (Å²) in [6.45, 7) is 24.3. The van der Waals surface area contributed by atoms with Gasteiger partial charge in [0.2, 0.25) is 6.08 Å².